The van der Waals surface area contributed by atoms with Crippen LogP contribution in [0.1, 0.15) is 24.1 Å². The molecule has 1 saturated carbocycles. The highest BCUT2D eigenvalue weighted by Gasteiger charge is 2.23. The molecule has 2 aromatic rings. The second-order valence-electron chi connectivity index (χ2n) is 6.69. The lowest BCUT2D eigenvalue weighted by Crippen LogP contribution is -2.30. The van der Waals surface area contributed by atoms with Gasteiger partial charge in [0.25, 0.3) is 5.91 Å². The lowest BCUT2D eigenvalue weighted by atomic mass is 10.1. The normalized spacial score (nSPS) is 13.0. The van der Waals surface area contributed by atoms with E-state index in [0.717, 1.165) is 36.3 Å². The number of nitrogens with one attached hydrogen (secondary N) is 2. The van der Waals surface area contributed by atoms with Crippen LogP contribution < -0.4 is 15.4 Å². The van der Waals surface area contributed by atoms with Crippen molar-refractivity contribution in [2.75, 3.05) is 18.9 Å². The fourth-order valence-corrected chi connectivity index (χ4v) is 3.30. The first-order valence-electron chi connectivity index (χ1n) is 9.44. The molecule has 0 atom stereocenters. The van der Waals surface area contributed by atoms with E-state index < -0.39 is 0 Å². The first-order chi connectivity index (χ1) is 13.7. The number of carbonyl (C=O) groups excluding carboxylic acids is 2. The lowest BCUT2D eigenvalue weighted by Gasteiger charge is -2.08. The Kier molecular flexibility index (Phi) is 7.72. The molecule has 6 nitrogen and oxygen atoms in total. The van der Waals surface area contributed by atoms with E-state index in [9.17, 15) is 9.59 Å². The van der Waals surface area contributed by atoms with Gasteiger partial charge in [0.15, 0.2) is 6.61 Å². The minimum absolute atomic E-state index is 0.0301. The maximum Gasteiger partial charge on any atom is 0.258 e. The minimum Gasteiger partial charge on any atom is -0.484 e. The number of amides is 2. The van der Waals surface area contributed by atoms with Gasteiger partial charge in [-0.15, -0.1) is 11.8 Å². The first kappa shape index (κ1) is 20.2. The van der Waals surface area contributed by atoms with E-state index in [1.165, 1.54) is 0 Å². The van der Waals surface area contributed by atoms with Crippen molar-refractivity contribution in [3.8, 4) is 5.75 Å². The Hall–Kier alpha value is -2.54. The molecular formula is C21H25N3O3S. The summed E-state index contributed by atoms with van der Waals surface area (Å²) in [6.07, 6.45) is 4.65. The highest BCUT2D eigenvalue weighted by atomic mass is 32.2. The van der Waals surface area contributed by atoms with Gasteiger partial charge < -0.3 is 15.4 Å². The van der Waals surface area contributed by atoms with Crippen molar-refractivity contribution in [1.29, 1.82) is 0 Å². The highest BCUT2D eigenvalue weighted by Crippen LogP contribution is 2.18. The molecule has 1 aliphatic carbocycles. The second kappa shape index (κ2) is 10.7. The maximum absolute atomic E-state index is 11.9. The van der Waals surface area contributed by atoms with E-state index in [2.05, 4.69) is 15.6 Å². The van der Waals surface area contributed by atoms with Crippen LogP contribution >= 0.6 is 11.8 Å². The molecule has 2 amide bonds. The molecule has 0 bridgehead atoms. The number of rotatable bonds is 11. The van der Waals surface area contributed by atoms with Gasteiger partial charge in [0.2, 0.25) is 5.91 Å². The van der Waals surface area contributed by atoms with Crippen molar-refractivity contribution in [2.45, 2.75) is 31.1 Å². The molecule has 2 N–H and O–H groups in total. The molecule has 0 saturated heterocycles. The third-order valence-electron chi connectivity index (χ3n) is 4.18. The largest absolute Gasteiger partial charge is 0.484 e. The van der Waals surface area contributed by atoms with Crippen LogP contribution in [-0.4, -0.2) is 41.7 Å². The minimum atomic E-state index is -0.0739. The summed E-state index contributed by atoms with van der Waals surface area (Å²) in [4.78, 5) is 27.7. The third kappa shape index (κ3) is 7.60. The quantitative estimate of drug-likeness (QED) is 0.606. The Balaban J connectivity index is 1.27. The lowest BCUT2D eigenvalue weighted by molar-refractivity contribution is -0.123. The number of hydrogen-bond donors (Lipinski definition) is 2. The smallest absolute Gasteiger partial charge is 0.258 e. The van der Waals surface area contributed by atoms with Gasteiger partial charge >= 0.3 is 0 Å². The zero-order valence-electron chi connectivity index (χ0n) is 15.7. The molecule has 28 heavy (non-hydrogen) atoms. The number of aromatic nitrogens is 1. The van der Waals surface area contributed by atoms with E-state index >= 15 is 0 Å². The summed E-state index contributed by atoms with van der Waals surface area (Å²) < 4.78 is 5.49. The maximum atomic E-state index is 11.9. The number of thioether (sulfide) groups is 1. The molecule has 1 aromatic heterocycles. The fraction of sp³-hybridized carbons (Fsp3) is 0.381. The average Bonchev–Trinajstić information content (AvgIpc) is 3.52. The van der Waals surface area contributed by atoms with Gasteiger partial charge in [-0.25, -0.2) is 0 Å². The van der Waals surface area contributed by atoms with Gasteiger partial charge in [0.1, 0.15) is 5.75 Å². The fourth-order valence-electron chi connectivity index (χ4n) is 2.53. The average molecular weight is 400 g/mol. The summed E-state index contributed by atoms with van der Waals surface area (Å²) in [6.45, 7) is 0.634. The van der Waals surface area contributed by atoms with Crippen LogP contribution in [-0.2, 0) is 21.8 Å². The molecule has 0 aliphatic heterocycles. The van der Waals surface area contributed by atoms with Crippen LogP contribution in [0.2, 0.25) is 0 Å². The second-order valence-corrected chi connectivity index (χ2v) is 7.67. The number of pyridine rings is 1. The molecule has 1 heterocycles. The number of ether oxygens (including phenoxy) is 1. The summed E-state index contributed by atoms with van der Waals surface area (Å²) in [5.74, 6) is 1.78. The molecule has 1 fully saturated rings. The molecule has 0 unspecified atom stereocenters. The van der Waals surface area contributed by atoms with Gasteiger partial charge in [0, 0.05) is 24.5 Å². The van der Waals surface area contributed by atoms with Gasteiger partial charge in [0.05, 0.1) is 11.4 Å². The standard InChI is InChI=1S/C21H25N3O3S/c25-20(24-17-6-7-17)13-27-19-8-4-16(5-9-19)10-12-23-21(26)15-28-14-18-3-1-2-11-22-18/h1-5,8-9,11,17H,6-7,10,12-15H2,(H,23,26)(H,24,25). The van der Waals surface area contributed by atoms with Crippen molar-refractivity contribution in [2.24, 2.45) is 0 Å². The van der Waals surface area contributed by atoms with E-state index in [1.54, 1.807) is 18.0 Å². The predicted molar refractivity (Wildman–Crippen MR) is 110 cm³/mol. The van der Waals surface area contributed by atoms with Crippen LogP contribution in [0, 0.1) is 0 Å². The molecular weight excluding hydrogens is 374 g/mol. The SMILES string of the molecule is O=C(CSCc1ccccn1)NCCc1ccc(OCC(=O)NC2CC2)cc1. The van der Waals surface area contributed by atoms with Crippen molar-refractivity contribution in [3.63, 3.8) is 0 Å². The van der Waals surface area contributed by atoms with Gasteiger partial charge in [-0.05, 0) is 49.1 Å². The van der Waals surface area contributed by atoms with Gasteiger partial charge in [-0.2, -0.15) is 0 Å². The van der Waals surface area contributed by atoms with Crippen molar-refractivity contribution >= 4 is 23.6 Å². The topological polar surface area (TPSA) is 80.3 Å². The molecule has 7 heteroatoms. The van der Waals surface area contributed by atoms with E-state index in [-0.39, 0.29) is 18.4 Å². The summed E-state index contributed by atoms with van der Waals surface area (Å²) in [5.41, 5.74) is 2.09. The number of benzene rings is 1. The zero-order valence-corrected chi connectivity index (χ0v) is 16.5. The Morgan fingerprint density at radius 1 is 1.11 bits per heavy atom. The molecule has 1 aromatic carbocycles. The van der Waals surface area contributed by atoms with E-state index in [0.29, 0.717) is 24.1 Å². The summed E-state index contributed by atoms with van der Waals surface area (Å²) in [7, 11) is 0. The van der Waals surface area contributed by atoms with Crippen LogP contribution in [0.4, 0.5) is 0 Å². The Morgan fingerprint density at radius 3 is 2.64 bits per heavy atom. The predicted octanol–water partition coefficient (Wildman–Crippen LogP) is 2.33. The molecule has 0 spiro atoms. The van der Waals surface area contributed by atoms with Crippen molar-refractivity contribution in [3.05, 3.63) is 59.9 Å². The van der Waals surface area contributed by atoms with E-state index in [4.69, 9.17) is 4.74 Å². The first-order valence-corrected chi connectivity index (χ1v) is 10.6. The van der Waals surface area contributed by atoms with E-state index in [1.807, 2.05) is 42.5 Å². The highest BCUT2D eigenvalue weighted by molar-refractivity contribution is 7.99. The van der Waals surface area contributed by atoms with Crippen LogP contribution in [0.3, 0.4) is 0 Å². The Labute approximate surface area is 169 Å². The summed E-state index contributed by atoms with van der Waals surface area (Å²) in [6, 6.07) is 13.7. The monoisotopic (exact) mass is 399 g/mol. The molecule has 0 radical (unpaired) electrons. The number of hydrogen-bond acceptors (Lipinski definition) is 5. The third-order valence-corrected chi connectivity index (χ3v) is 5.15. The van der Waals surface area contributed by atoms with Gasteiger partial charge in [-0.3, -0.25) is 14.6 Å². The Bertz CT molecular complexity index is 764. The molecule has 148 valence electrons. The van der Waals surface area contributed by atoms with Crippen LogP contribution in [0.25, 0.3) is 0 Å². The summed E-state index contributed by atoms with van der Waals surface area (Å²) in [5, 5.41) is 5.82. The zero-order chi connectivity index (χ0) is 19.6. The van der Waals surface area contributed by atoms with Crippen LogP contribution in [0.5, 0.6) is 5.75 Å². The van der Waals surface area contributed by atoms with Crippen LogP contribution in [0.15, 0.2) is 48.7 Å². The van der Waals surface area contributed by atoms with Crippen molar-refractivity contribution < 1.29 is 14.3 Å². The van der Waals surface area contributed by atoms with Gasteiger partial charge in [-0.1, -0.05) is 18.2 Å². The number of nitrogens with zero attached hydrogens (tertiary/aromatic N) is 1. The Morgan fingerprint density at radius 2 is 1.93 bits per heavy atom. The molecule has 1 aliphatic rings. The number of carbonyl (C=O) groups is 2. The molecule has 3 rings (SSSR count). The summed E-state index contributed by atoms with van der Waals surface area (Å²) >= 11 is 1.55. The van der Waals surface area contributed by atoms with Crippen molar-refractivity contribution in [1.82, 2.24) is 15.6 Å².